The Morgan fingerprint density at radius 3 is 2.57 bits per heavy atom. The van der Waals surface area contributed by atoms with Crippen molar-refractivity contribution >= 4 is 25.1 Å². The maximum atomic E-state index is 13.5. The average Bonchev–Trinajstić information content (AvgIpc) is 3.43. The molecular weight excluding hydrogens is 486 g/mol. The number of carbonyl (C=O) groups excluding carboxylic acids is 1. The molecule has 182 valence electrons. The second-order valence-corrected chi connectivity index (χ2v) is 8.08. The van der Waals surface area contributed by atoms with E-state index in [9.17, 15) is 22.4 Å². The number of hydrogen-bond acceptors (Lipinski definition) is 5. The number of alkyl halides is 3. The molecule has 4 aromatic rings. The monoisotopic (exact) mass is 505 g/mol. The predicted octanol–water partition coefficient (Wildman–Crippen LogP) is 5.40. The predicted molar refractivity (Wildman–Crippen MR) is 124 cm³/mol. The van der Waals surface area contributed by atoms with Crippen LogP contribution in [0.1, 0.15) is 34.6 Å². The summed E-state index contributed by atoms with van der Waals surface area (Å²) in [6.45, 7) is 3.44. The number of amides is 1. The van der Waals surface area contributed by atoms with E-state index in [4.69, 9.17) is 4.52 Å². The molecule has 0 aliphatic carbocycles. The first-order valence-corrected chi connectivity index (χ1v) is 10.3. The van der Waals surface area contributed by atoms with Crippen molar-refractivity contribution in [3.63, 3.8) is 0 Å². The van der Waals surface area contributed by atoms with Gasteiger partial charge in [-0.1, -0.05) is 5.16 Å². The fraction of sp³-hybridized carbons (Fsp3) is 0.217. The third-order valence-corrected chi connectivity index (χ3v) is 5.71. The maximum Gasteiger partial charge on any atom is 0.416 e. The van der Waals surface area contributed by atoms with E-state index >= 15 is 0 Å². The van der Waals surface area contributed by atoms with Crippen LogP contribution in [0.3, 0.4) is 0 Å². The van der Waals surface area contributed by atoms with Crippen molar-refractivity contribution < 1.29 is 26.9 Å². The molecule has 35 heavy (non-hydrogen) atoms. The van der Waals surface area contributed by atoms with Gasteiger partial charge in [0.25, 0.3) is 5.91 Å². The van der Waals surface area contributed by atoms with Gasteiger partial charge in [0, 0.05) is 30.1 Å². The van der Waals surface area contributed by atoms with E-state index in [1.54, 1.807) is 10.7 Å². The van der Waals surface area contributed by atoms with Gasteiger partial charge in [0.05, 0.1) is 29.6 Å². The molecule has 1 aromatic carbocycles. The van der Waals surface area contributed by atoms with Gasteiger partial charge in [-0.2, -0.15) is 31.8 Å². The third kappa shape index (κ3) is 4.29. The van der Waals surface area contributed by atoms with Crippen molar-refractivity contribution in [3.8, 4) is 22.6 Å². The summed E-state index contributed by atoms with van der Waals surface area (Å²) < 4.78 is 60.0. The molecular formula is C23H19F4N5O2S. The van der Waals surface area contributed by atoms with E-state index in [0.717, 1.165) is 12.3 Å². The van der Waals surface area contributed by atoms with Gasteiger partial charge in [0.2, 0.25) is 0 Å². The van der Waals surface area contributed by atoms with Gasteiger partial charge in [-0.25, -0.2) is 4.39 Å². The number of pyridine rings is 1. The minimum Gasteiger partial charge on any atom is -0.356 e. The quantitative estimate of drug-likeness (QED) is 0.349. The number of aromatic nitrogens is 4. The molecule has 0 saturated carbocycles. The molecule has 1 aliphatic rings. The molecule has 1 atom stereocenters. The van der Waals surface area contributed by atoms with Crippen molar-refractivity contribution in [2.45, 2.75) is 26.1 Å². The van der Waals surface area contributed by atoms with Crippen molar-refractivity contribution in [3.05, 3.63) is 71.6 Å². The smallest absolute Gasteiger partial charge is 0.356 e. The Hall–Kier alpha value is -3.67. The van der Waals surface area contributed by atoms with Crippen LogP contribution in [0, 0.1) is 12.7 Å². The Balaban J connectivity index is 0.00000289. The molecule has 0 saturated heterocycles. The number of anilines is 1. The Morgan fingerprint density at radius 1 is 1.11 bits per heavy atom. The number of rotatable bonds is 3. The lowest BCUT2D eigenvalue weighted by molar-refractivity contribution is -0.138. The highest BCUT2D eigenvalue weighted by Gasteiger charge is 2.36. The van der Waals surface area contributed by atoms with Crippen LogP contribution in [0.4, 0.5) is 23.2 Å². The van der Waals surface area contributed by atoms with Gasteiger partial charge in [0.15, 0.2) is 5.76 Å². The number of fused-ring (bicyclic) bond motifs is 1. The second kappa shape index (κ2) is 8.84. The summed E-state index contributed by atoms with van der Waals surface area (Å²) in [5, 5.41) is 8.26. The fourth-order valence-electron chi connectivity index (χ4n) is 4.09. The van der Waals surface area contributed by atoms with E-state index in [1.807, 2.05) is 6.92 Å². The Kier molecular flexibility index (Phi) is 6.18. The molecule has 1 amide bonds. The van der Waals surface area contributed by atoms with E-state index < -0.39 is 23.5 Å². The highest BCUT2D eigenvalue weighted by atomic mass is 32.1. The summed E-state index contributed by atoms with van der Waals surface area (Å²) in [5.74, 6) is -0.724. The Labute approximate surface area is 203 Å². The lowest BCUT2D eigenvalue weighted by Gasteiger charge is -2.32. The fourth-order valence-corrected chi connectivity index (χ4v) is 4.09. The minimum absolute atomic E-state index is 0. The highest BCUT2D eigenvalue weighted by molar-refractivity contribution is 7.59. The summed E-state index contributed by atoms with van der Waals surface area (Å²) in [5.41, 5.74) is 0.939. The summed E-state index contributed by atoms with van der Waals surface area (Å²) in [7, 11) is 0. The molecule has 5 rings (SSSR count). The van der Waals surface area contributed by atoms with E-state index in [2.05, 4.69) is 15.2 Å². The van der Waals surface area contributed by atoms with Crippen molar-refractivity contribution in [2.75, 3.05) is 11.4 Å². The topological polar surface area (TPSA) is 77.1 Å². The number of nitrogens with zero attached hydrogens (tertiary/aromatic N) is 5. The lowest BCUT2D eigenvalue weighted by atomic mass is 10.0. The minimum atomic E-state index is -4.48. The van der Waals surface area contributed by atoms with Crippen LogP contribution in [0.5, 0.6) is 0 Å². The van der Waals surface area contributed by atoms with Crippen LogP contribution >= 0.6 is 13.5 Å². The van der Waals surface area contributed by atoms with Gasteiger partial charge >= 0.3 is 6.18 Å². The number of benzene rings is 1. The van der Waals surface area contributed by atoms with Crippen LogP contribution in [0.25, 0.3) is 22.6 Å². The normalized spacial score (nSPS) is 15.7. The molecule has 0 unspecified atom stereocenters. The maximum absolute atomic E-state index is 13.5. The van der Waals surface area contributed by atoms with Crippen LogP contribution in [-0.4, -0.2) is 32.4 Å². The zero-order chi connectivity index (χ0) is 24.2. The standard InChI is InChI=1S/C23H17F4N5O2.H2S/c1-12-5-16(3-4-18(12)23(25,26)27)31-11-13(2)32-21(22(31)33)17(10-29-32)20-7-19(30-34-20)14-6-15(24)9-28-8-14;/h3-10,13H,11H2,1-2H3;1H2/t13-;/m0./s1. The van der Waals surface area contributed by atoms with Gasteiger partial charge < -0.3 is 9.42 Å². The second-order valence-electron chi connectivity index (χ2n) is 8.08. The van der Waals surface area contributed by atoms with Crippen molar-refractivity contribution in [1.29, 1.82) is 0 Å². The molecule has 0 fully saturated rings. The lowest BCUT2D eigenvalue weighted by Crippen LogP contribution is -2.42. The molecule has 0 spiro atoms. The molecule has 7 nitrogen and oxygen atoms in total. The Morgan fingerprint density at radius 2 is 1.89 bits per heavy atom. The number of aryl methyl sites for hydroxylation is 1. The van der Waals surface area contributed by atoms with Gasteiger partial charge in [-0.05, 0) is 43.7 Å². The molecule has 0 radical (unpaired) electrons. The van der Waals surface area contributed by atoms with Gasteiger partial charge in [0.1, 0.15) is 17.2 Å². The first-order chi connectivity index (χ1) is 16.1. The summed E-state index contributed by atoms with van der Waals surface area (Å²) >= 11 is 0. The van der Waals surface area contributed by atoms with Crippen molar-refractivity contribution in [2.24, 2.45) is 0 Å². The third-order valence-electron chi connectivity index (χ3n) is 5.71. The highest BCUT2D eigenvalue weighted by Crippen LogP contribution is 2.37. The molecule has 3 aromatic heterocycles. The molecule has 1 aliphatic heterocycles. The van der Waals surface area contributed by atoms with Gasteiger partial charge in [-0.15, -0.1) is 0 Å². The molecule has 12 heteroatoms. The van der Waals surface area contributed by atoms with Gasteiger partial charge in [-0.3, -0.25) is 14.5 Å². The van der Waals surface area contributed by atoms with E-state index in [-0.39, 0.29) is 43.1 Å². The summed E-state index contributed by atoms with van der Waals surface area (Å²) in [4.78, 5) is 18.7. The van der Waals surface area contributed by atoms with Crippen LogP contribution in [0.2, 0.25) is 0 Å². The van der Waals surface area contributed by atoms with Crippen LogP contribution in [-0.2, 0) is 6.18 Å². The first kappa shape index (κ1) is 24.5. The average molecular weight is 505 g/mol. The van der Waals surface area contributed by atoms with Crippen molar-refractivity contribution in [1.82, 2.24) is 19.9 Å². The van der Waals surface area contributed by atoms with Crippen LogP contribution in [0.15, 0.2) is 53.4 Å². The summed E-state index contributed by atoms with van der Waals surface area (Å²) in [6.07, 6.45) is -0.509. The SMILES string of the molecule is Cc1cc(N2C[C@H](C)n3ncc(-c4cc(-c5cncc(F)c5)no4)c3C2=O)ccc1C(F)(F)F.S. The molecule has 4 heterocycles. The number of hydrogen-bond donors (Lipinski definition) is 0. The number of carbonyl (C=O) groups is 1. The number of halogens is 4. The van der Waals surface area contributed by atoms with Crippen LogP contribution < -0.4 is 4.90 Å². The Bertz CT molecular complexity index is 1420. The molecule has 0 bridgehead atoms. The van der Waals surface area contributed by atoms with E-state index in [0.29, 0.717) is 22.5 Å². The zero-order valence-corrected chi connectivity index (χ0v) is 19.5. The zero-order valence-electron chi connectivity index (χ0n) is 18.5. The first-order valence-electron chi connectivity index (χ1n) is 10.3. The largest absolute Gasteiger partial charge is 0.416 e. The molecule has 0 N–H and O–H groups in total. The van der Waals surface area contributed by atoms with E-state index in [1.165, 1.54) is 42.4 Å². The summed E-state index contributed by atoms with van der Waals surface area (Å²) in [6, 6.07) is 6.17.